The van der Waals surface area contributed by atoms with Crippen LogP contribution in [0, 0.1) is 5.92 Å². The van der Waals surface area contributed by atoms with Crippen molar-refractivity contribution >= 4 is 33.5 Å². The summed E-state index contributed by atoms with van der Waals surface area (Å²) in [7, 11) is 0. The Kier molecular flexibility index (Phi) is 5.24. The van der Waals surface area contributed by atoms with Crippen LogP contribution >= 0.6 is 27.5 Å². The average Bonchev–Trinajstić information content (AvgIpc) is 2.56. The molecule has 122 valence electrons. The zero-order valence-electron chi connectivity index (χ0n) is 12.1. The van der Waals surface area contributed by atoms with Gasteiger partial charge in [-0.25, -0.2) is 19.9 Å². The Morgan fingerprint density at radius 2 is 1.91 bits per heavy atom. The van der Waals surface area contributed by atoms with Crippen molar-refractivity contribution < 1.29 is 9.84 Å². The number of hydrogen-bond donors (Lipinski definition) is 1. The Morgan fingerprint density at radius 3 is 2.57 bits per heavy atom. The summed E-state index contributed by atoms with van der Waals surface area (Å²) in [5.41, 5.74) is 0. The van der Waals surface area contributed by atoms with Crippen molar-refractivity contribution in [1.82, 2.24) is 19.9 Å². The number of aliphatic hydroxyl groups excluding tert-OH is 1. The highest BCUT2D eigenvalue weighted by Crippen LogP contribution is 2.22. The van der Waals surface area contributed by atoms with Gasteiger partial charge in [-0.15, -0.1) is 0 Å². The van der Waals surface area contributed by atoms with E-state index in [1.165, 1.54) is 12.4 Å². The molecule has 1 aliphatic rings. The molecule has 0 unspecified atom stereocenters. The van der Waals surface area contributed by atoms with Crippen LogP contribution in [-0.2, 0) is 0 Å². The van der Waals surface area contributed by atoms with Gasteiger partial charge in [-0.2, -0.15) is 0 Å². The van der Waals surface area contributed by atoms with Crippen LogP contribution in [0.2, 0.25) is 5.28 Å². The van der Waals surface area contributed by atoms with Gasteiger partial charge >= 0.3 is 0 Å². The molecule has 0 aromatic carbocycles. The summed E-state index contributed by atoms with van der Waals surface area (Å²) in [4.78, 5) is 18.2. The molecule has 2 aromatic heterocycles. The van der Waals surface area contributed by atoms with Gasteiger partial charge in [0.1, 0.15) is 0 Å². The summed E-state index contributed by atoms with van der Waals surface area (Å²) in [6.07, 6.45) is 6.72. The molecule has 1 aliphatic heterocycles. The number of anilines is 1. The van der Waals surface area contributed by atoms with Gasteiger partial charge in [0, 0.05) is 31.4 Å². The number of ether oxygens (including phenoxy) is 1. The van der Waals surface area contributed by atoms with Crippen LogP contribution in [0.4, 0.5) is 5.95 Å². The third-order valence-corrected chi connectivity index (χ3v) is 4.28. The summed E-state index contributed by atoms with van der Waals surface area (Å²) in [6, 6.07) is 0. The second-order valence-electron chi connectivity index (χ2n) is 5.26. The zero-order chi connectivity index (χ0) is 16.2. The van der Waals surface area contributed by atoms with Gasteiger partial charge in [0.05, 0.1) is 29.6 Å². The predicted molar refractivity (Wildman–Crippen MR) is 88.6 cm³/mol. The highest BCUT2D eigenvalue weighted by Gasteiger charge is 2.29. The van der Waals surface area contributed by atoms with Crippen molar-refractivity contribution in [2.24, 2.45) is 5.92 Å². The van der Waals surface area contributed by atoms with Crippen LogP contribution < -0.4 is 9.64 Å². The van der Waals surface area contributed by atoms with Gasteiger partial charge < -0.3 is 14.7 Å². The maximum absolute atomic E-state index is 10.3. The lowest BCUT2D eigenvalue weighted by atomic mass is 9.95. The van der Waals surface area contributed by atoms with Crippen LogP contribution in [-0.4, -0.2) is 50.8 Å². The van der Waals surface area contributed by atoms with Crippen molar-refractivity contribution in [2.45, 2.75) is 12.5 Å². The number of hydrogen-bond acceptors (Lipinski definition) is 7. The molecule has 0 amide bonds. The molecule has 0 aliphatic carbocycles. The average molecular weight is 401 g/mol. The zero-order valence-corrected chi connectivity index (χ0v) is 14.5. The van der Waals surface area contributed by atoms with Gasteiger partial charge in [-0.05, 0) is 34.0 Å². The molecular weight excluding hydrogens is 386 g/mol. The highest BCUT2D eigenvalue weighted by atomic mass is 79.9. The van der Waals surface area contributed by atoms with E-state index in [1.807, 2.05) is 4.90 Å². The largest absolute Gasteiger partial charge is 0.490 e. The van der Waals surface area contributed by atoms with E-state index in [0.29, 0.717) is 24.8 Å². The van der Waals surface area contributed by atoms with Gasteiger partial charge in [-0.3, -0.25) is 0 Å². The molecule has 23 heavy (non-hydrogen) atoms. The molecule has 1 N–H and O–H groups in total. The molecule has 0 spiro atoms. The molecular formula is C14H15BrClN5O2. The van der Waals surface area contributed by atoms with Gasteiger partial charge in [0.2, 0.25) is 11.2 Å². The first-order chi connectivity index (χ1) is 11.1. The minimum atomic E-state index is -0.510. The third-order valence-electron chi connectivity index (χ3n) is 3.67. The summed E-state index contributed by atoms with van der Waals surface area (Å²) >= 11 is 8.94. The van der Waals surface area contributed by atoms with Crippen molar-refractivity contribution in [3.63, 3.8) is 0 Å². The second kappa shape index (κ2) is 7.37. The maximum atomic E-state index is 10.3. The predicted octanol–water partition coefficient (Wildman–Crippen LogP) is 1.95. The third kappa shape index (κ3) is 4.27. The SMILES string of the molecule is O[C@@H]1CN(c2ncc(Br)cn2)CC[C@H]1COc1cnc(Cl)nc1. The van der Waals surface area contributed by atoms with Gasteiger partial charge in [0.15, 0.2) is 5.75 Å². The fourth-order valence-electron chi connectivity index (χ4n) is 2.40. The number of piperidine rings is 1. The monoisotopic (exact) mass is 399 g/mol. The van der Waals surface area contributed by atoms with E-state index in [2.05, 4.69) is 35.9 Å². The molecule has 1 fully saturated rings. The van der Waals surface area contributed by atoms with Crippen LogP contribution in [0.1, 0.15) is 6.42 Å². The number of β-amino-alcohol motifs (C(OH)–C–C–N with tert-alkyl or cyclic N) is 1. The highest BCUT2D eigenvalue weighted by molar-refractivity contribution is 9.10. The number of halogens is 2. The van der Waals surface area contributed by atoms with Gasteiger partial charge in [-0.1, -0.05) is 0 Å². The van der Waals surface area contributed by atoms with Crippen molar-refractivity contribution in [3.05, 3.63) is 34.5 Å². The second-order valence-corrected chi connectivity index (χ2v) is 6.52. The van der Waals surface area contributed by atoms with Crippen LogP contribution in [0.3, 0.4) is 0 Å². The van der Waals surface area contributed by atoms with E-state index in [0.717, 1.165) is 17.4 Å². The van der Waals surface area contributed by atoms with E-state index in [4.69, 9.17) is 16.3 Å². The minimum absolute atomic E-state index is 0.0392. The number of rotatable bonds is 4. The normalized spacial score (nSPS) is 21.3. The number of aromatic nitrogens is 4. The fourth-order valence-corrected chi connectivity index (χ4v) is 2.71. The Bertz CT molecular complexity index is 643. The lowest BCUT2D eigenvalue weighted by Gasteiger charge is -2.35. The molecule has 0 radical (unpaired) electrons. The standard InChI is InChI=1S/C14H15BrClN5O2/c15-10-3-19-14(20-4-10)21-2-1-9(12(22)7-21)8-23-11-5-17-13(16)18-6-11/h3-6,9,12,22H,1-2,7-8H2/t9-,12+/m0/s1. The Morgan fingerprint density at radius 1 is 1.22 bits per heavy atom. The first kappa shape index (κ1) is 16.4. The first-order valence-electron chi connectivity index (χ1n) is 7.13. The van der Waals surface area contributed by atoms with Crippen LogP contribution in [0.15, 0.2) is 29.3 Å². The van der Waals surface area contributed by atoms with Crippen molar-refractivity contribution in [2.75, 3.05) is 24.6 Å². The molecule has 9 heteroatoms. The quantitative estimate of drug-likeness (QED) is 0.785. The van der Waals surface area contributed by atoms with Crippen molar-refractivity contribution in [3.8, 4) is 5.75 Å². The Labute approximate surface area is 146 Å². The maximum Gasteiger partial charge on any atom is 0.225 e. The lowest BCUT2D eigenvalue weighted by molar-refractivity contribution is 0.0611. The van der Waals surface area contributed by atoms with E-state index < -0.39 is 6.10 Å². The van der Waals surface area contributed by atoms with Gasteiger partial charge in [0.25, 0.3) is 0 Å². The molecule has 0 bridgehead atoms. The fraction of sp³-hybridized carbons (Fsp3) is 0.429. The Hall–Kier alpha value is -1.51. The summed E-state index contributed by atoms with van der Waals surface area (Å²) in [6.45, 7) is 1.65. The topological polar surface area (TPSA) is 84.3 Å². The molecule has 3 heterocycles. The van der Waals surface area contributed by atoms with Crippen LogP contribution in [0.5, 0.6) is 5.75 Å². The summed E-state index contributed by atoms with van der Waals surface area (Å²) in [5.74, 6) is 1.20. The molecule has 0 saturated carbocycles. The number of nitrogens with zero attached hydrogens (tertiary/aromatic N) is 5. The number of aliphatic hydroxyl groups is 1. The van der Waals surface area contributed by atoms with Crippen molar-refractivity contribution in [1.29, 1.82) is 0 Å². The first-order valence-corrected chi connectivity index (χ1v) is 8.30. The van der Waals surface area contributed by atoms with E-state index in [1.54, 1.807) is 12.4 Å². The van der Waals surface area contributed by atoms with E-state index in [9.17, 15) is 5.11 Å². The smallest absolute Gasteiger partial charge is 0.225 e. The molecule has 1 saturated heterocycles. The molecule has 3 rings (SSSR count). The molecule has 2 aromatic rings. The summed E-state index contributed by atoms with van der Waals surface area (Å²) < 4.78 is 6.46. The van der Waals surface area contributed by atoms with Crippen LogP contribution in [0.25, 0.3) is 0 Å². The lowest BCUT2D eigenvalue weighted by Crippen LogP contribution is -2.46. The van der Waals surface area contributed by atoms with E-state index >= 15 is 0 Å². The summed E-state index contributed by atoms with van der Waals surface area (Å²) in [5, 5.41) is 10.5. The molecule has 2 atom stereocenters. The van der Waals surface area contributed by atoms with E-state index in [-0.39, 0.29) is 11.2 Å². The minimum Gasteiger partial charge on any atom is -0.490 e. The molecule has 7 nitrogen and oxygen atoms in total. The Balaban J connectivity index is 1.54.